The van der Waals surface area contributed by atoms with Gasteiger partial charge in [0.1, 0.15) is 17.9 Å². The zero-order valence-corrected chi connectivity index (χ0v) is 16.7. The minimum absolute atomic E-state index is 0.0759. The second-order valence-electron chi connectivity index (χ2n) is 7.04. The number of amides is 2. The lowest BCUT2D eigenvalue weighted by Gasteiger charge is -2.21. The molecule has 2 amide bonds. The summed E-state index contributed by atoms with van der Waals surface area (Å²) in [7, 11) is 0. The van der Waals surface area contributed by atoms with Crippen LogP contribution >= 0.6 is 0 Å². The lowest BCUT2D eigenvalue weighted by Crippen LogP contribution is -2.52. The van der Waals surface area contributed by atoms with Gasteiger partial charge in [0.15, 0.2) is 0 Å². The zero-order chi connectivity index (χ0) is 20.9. The topological polar surface area (TPSA) is 95.5 Å². The fraction of sp³-hybridized carbons (Fsp3) is 0.571. The van der Waals surface area contributed by atoms with Crippen molar-refractivity contribution in [2.24, 2.45) is 0 Å². The normalized spacial score (nSPS) is 12.8. The van der Waals surface area contributed by atoms with E-state index >= 15 is 0 Å². The van der Waals surface area contributed by atoms with Crippen molar-refractivity contribution in [3.8, 4) is 0 Å². The molecule has 1 rings (SSSR count). The maximum Gasteiger partial charge on any atom is 0.326 e. The summed E-state index contributed by atoms with van der Waals surface area (Å²) >= 11 is 0. The standard InChI is InChI=1S/C21H31FN2O4/c1-3-4-5-6-7-8-12-18(21(27)28)24-20(26)19(23-15(2)25)14-16-10-9-11-17(22)13-16/h9-11,13,18-19H,3-8,12,14H2,1-2H3,(H,23,25)(H,24,26)(H,27,28)/t18-,19+/m0/s1. The largest absolute Gasteiger partial charge is 0.480 e. The molecule has 3 N–H and O–H groups in total. The molecule has 0 bridgehead atoms. The molecule has 0 aromatic heterocycles. The van der Waals surface area contributed by atoms with Gasteiger partial charge < -0.3 is 15.7 Å². The van der Waals surface area contributed by atoms with Crippen LogP contribution < -0.4 is 10.6 Å². The minimum Gasteiger partial charge on any atom is -0.480 e. The first-order chi connectivity index (χ1) is 13.3. The highest BCUT2D eigenvalue weighted by Gasteiger charge is 2.26. The highest BCUT2D eigenvalue weighted by Crippen LogP contribution is 2.10. The molecule has 1 aromatic carbocycles. The van der Waals surface area contributed by atoms with Crippen LogP contribution in [-0.4, -0.2) is 35.0 Å². The molecule has 0 heterocycles. The Bertz CT molecular complexity index is 651. The summed E-state index contributed by atoms with van der Waals surface area (Å²) in [6.07, 6.45) is 6.50. The third-order valence-electron chi connectivity index (χ3n) is 4.48. The van der Waals surface area contributed by atoms with E-state index in [2.05, 4.69) is 17.6 Å². The number of carbonyl (C=O) groups is 3. The monoisotopic (exact) mass is 394 g/mol. The highest BCUT2D eigenvalue weighted by atomic mass is 19.1. The van der Waals surface area contributed by atoms with Gasteiger partial charge in [-0.05, 0) is 24.1 Å². The molecule has 1 aromatic rings. The van der Waals surface area contributed by atoms with Crippen LogP contribution in [0, 0.1) is 5.82 Å². The SMILES string of the molecule is CCCCCCCC[C@H](NC(=O)[C@@H](Cc1cccc(F)c1)NC(C)=O)C(=O)O. The van der Waals surface area contributed by atoms with Gasteiger partial charge in [0.05, 0.1) is 0 Å². The number of halogens is 1. The van der Waals surface area contributed by atoms with Gasteiger partial charge in [0.25, 0.3) is 0 Å². The predicted octanol–water partition coefficient (Wildman–Crippen LogP) is 3.19. The Morgan fingerprint density at radius 3 is 2.32 bits per heavy atom. The van der Waals surface area contributed by atoms with Crippen LogP contribution in [0.4, 0.5) is 4.39 Å². The number of carboxylic acid groups (broad SMARTS) is 1. The molecule has 2 atom stereocenters. The second kappa shape index (κ2) is 12.9. The average molecular weight is 394 g/mol. The number of unbranched alkanes of at least 4 members (excludes halogenated alkanes) is 5. The molecular weight excluding hydrogens is 363 g/mol. The van der Waals surface area contributed by atoms with Gasteiger partial charge in [-0.25, -0.2) is 9.18 Å². The molecule has 0 aliphatic rings. The van der Waals surface area contributed by atoms with Crippen LogP contribution in [-0.2, 0) is 20.8 Å². The van der Waals surface area contributed by atoms with Crippen molar-refractivity contribution in [1.29, 1.82) is 0 Å². The third-order valence-corrected chi connectivity index (χ3v) is 4.48. The zero-order valence-electron chi connectivity index (χ0n) is 16.7. The summed E-state index contributed by atoms with van der Waals surface area (Å²) in [4.78, 5) is 35.5. The van der Waals surface area contributed by atoms with E-state index in [0.717, 1.165) is 32.1 Å². The van der Waals surface area contributed by atoms with E-state index in [1.54, 1.807) is 6.07 Å². The van der Waals surface area contributed by atoms with Crippen molar-refractivity contribution in [3.05, 3.63) is 35.6 Å². The minimum atomic E-state index is -1.10. The number of hydrogen-bond donors (Lipinski definition) is 3. The number of carbonyl (C=O) groups excluding carboxylic acids is 2. The van der Waals surface area contributed by atoms with Gasteiger partial charge in [-0.15, -0.1) is 0 Å². The van der Waals surface area contributed by atoms with Crippen molar-refractivity contribution in [2.75, 3.05) is 0 Å². The van der Waals surface area contributed by atoms with E-state index in [0.29, 0.717) is 18.4 Å². The number of benzene rings is 1. The Morgan fingerprint density at radius 2 is 1.71 bits per heavy atom. The summed E-state index contributed by atoms with van der Waals surface area (Å²) in [5.41, 5.74) is 0.539. The Hall–Kier alpha value is -2.44. The molecule has 0 fully saturated rings. The van der Waals surface area contributed by atoms with Crippen molar-refractivity contribution >= 4 is 17.8 Å². The van der Waals surface area contributed by atoms with Gasteiger partial charge >= 0.3 is 5.97 Å². The molecule has 0 radical (unpaired) electrons. The van der Waals surface area contributed by atoms with E-state index in [9.17, 15) is 23.9 Å². The van der Waals surface area contributed by atoms with Gasteiger partial charge in [0, 0.05) is 13.3 Å². The Balaban J connectivity index is 2.66. The molecule has 156 valence electrons. The van der Waals surface area contributed by atoms with Gasteiger partial charge in [-0.2, -0.15) is 0 Å². The summed E-state index contributed by atoms with van der Waals surface area (Å²) in [6.45, 7) is 3.40. The summed E-state index contributed by atoms with van der Waals surface area (Å²) in [5.74, 6) is -2.54. The van der Waals surface area contributed by atoms with Crippen molar-refractivity contribution < 1.29 is 23.9 Å². The molecular formula is C21H31FN2O4. The number of aliphatic carboxylic acids is 1. The molecule has 0 aliphatic carbocycles. The van der Waals surface area contributed by atoms with Crippen LogP contribution in [0.5, 0.6) is 0 Å². The fourth-order valence-electron chi connectivity index (χ4n) is 3.01. The van der Waals surface area contributed by atoms with Crippen LogP contribution in [0.15, 0.2) is 24.3 Å². The predicted molar refractivity (Wildman–Crippen MR) is 105 cm³/mol. The van der Waals surface area contributed by atoms with Crippen LogP contribution in [0.25, 0.3) is 0 Å². The Kier molecular flexibility index (Phi) is 10.8. The number of hydrogen-bond acceptors (Lipinski definition) is 3. The Morgan fingerprint density at radius 1 is 1.04 bits per heavy atom. The first-order valence-corrected chi connectivity index (χ1v) is 9.88. The lowest BCUT2D eigenvalue weighted by molar-refractivity contribution is -0.142. The molecule has 6 nitrogen and oxygen atoms in total. The maximum absolute atomic E-state index is 13.4. The van der Waals surface area contributed by atoms with Crippen molar-refractivity contribution in [2.45, 2.75) is 77.3 Å². The third kappa shape index (κ3) is 9.48. The van der Waals surface area contributed by atoms with Crippen LogP contribution in [0.1, 0.15) is 64.4 Å². The van der Waals surface area contributed by atoms with Crippen LogP contribution in [0.2, 0.25) is 0 Å². The molecule has 28 heavy (non-hydrogen) atoms. The summed E-state index contributed by atoms with van der Waals surface area (Å²) in [5, 5.41) is 14.4. The van der Waals surface area contributed by atoms with Gasteiger partial charge in [-0.1, -0.05) is 57.6 Å². The maximum atomic E-state index is 13.4. The molecule has 0 saturated heterocycles. The Labute approximate surface area is 165 Å². The lowest BCUT2D eigenvalue weighted by atomic mass is 10.0. The molecule has 0 aliphatic heterocycles. The number of nitrogens with one attached hydrogen (secondary N) is 2. The highest BCUT2D eigenvalue weighted by molar-refractivity contribution is 5.90. The van der Waals surface area contributed by atoms with E-state index in [1.807, 2.05) is 0 Å². The average Bonchev–Trinajstić information content (AvgIpc) is 2.62. The molecule has 0 unspecified atom stereocenters. The number of rotatable bonds is 13. The van der Waals surface area contributed by atoms with Gasteiger partial charge in [-0.3, -0.25) is 9.59 Å². The second-order valence-corrected chi connectivity index (χ2v) is 7.04. The van der Waals surface area contributed by atoms with Crippen LogP contribution in [0.3, 0.4) is 0 Å². The molecule has 0 saturated carbocycles. The molecule has 0 spiro atoms. The first kappa shape index (κ1) is 23.6. The van der Waals surface area contributed by atoms with Crippen molar-refractivity contribution in [1.82, 2.24) is 10.6 Å². The summed E-state index contributed by atoms with van der Waals surface area (Å²) in [6, 6.07) is 3.76. The van der Waals surface area contributed by atoms with Crippen molar-refractivity contribution in [3.63, 3.8) is 0 Å². The quantitative estimate of drug-likeness (QED) is 0.448. The van der Waals surface area contributed by atoms with E-state index < -0.39 is 35.7 Å². The molecule has 7 heteroatoms. The fourth-order valence-corrected chi connectivity index (χ4v) is 3.01. The van der Waals surface area contributed by atoms with E-state index in [4.69, 9.17) is 0 Å². The number of carboxylic acids is 1. The first-order valence-electron chi connectivity index (χ1n) is 9.88. The van der Waals surface area contributed by atoms with E-state index in [-0.39, 0.29) is 6.42 Å². The summed E-state index contributed by atoms with van der Waals surface area (Å²) < 4.78 is 13.4. The van der Waals surface area contributed by atoms with Gasteiger partial charge in [0.2, 0.25) is 11.8 Å². The smallest absolute Gasteiger partial charge is 0.326 e. The van der Waals surface area contributed by atoms with E-state index in [1.165, 1.54) is 25.1 Å².